The molecule has 3 N–H and O–H groups in total. The van der Waals surface area contributed by atoms with Crippen LogP contribution in [-0.4, -0.2) is 36.2 Å². The van der Waals surface area contributed by atoms with Gasteiger partial charge in [-0.25, -0.2) is 4.79 Å². The monoisotopic (exact) mass is 353 g/mol. The zero-order valence-corrected chi connectivity index (χ0v) is 14.2. The van der Waals surface area contributed by atoms with E-state index < -0.39 is 18.0 Å². The van der Waals surface area contributed by atoms with Gasteiger partial charge >= 0.3 is 5.97 Å². The molecule has 2 rings (SSSR count). The lowest BCUT2D eigenvalue weighted by Crippen LogP contribution is -2.30. The maximum absolute atomic E-state index is 12.3. The Morgan fingerprint density at radius 2 is 1.88 bits per heavy atom. The second-order valence-corrected chi connectivity index (χ2v) is 5.42. The number of aliphatic hydroxyl groups excluding tert-OH is 1. The molecule has 0 fully saturated rings. The van der Waals surface area contributed by atoms with Gasteiger partial charge in [-0.15, -0.1) is 0 Å². The Balaban J connectivity index is 1.99. The molecule has 7 nitrogen and oxygen atoms in total. The number of hydrogen-bond donors (Lipinski definition) is 3. The van der Waals surface area contributed by atoms with Gasteiger partial charge in [0.1, 0.15) is 0 Å². The molecule has 2 aromatic carbocycles. The molecule has 134 valence electrons. The van der Waals surface area contributed by atoms with Gasteiger partial charge in [0.2, 0.25) is 0 Å². The lowest BCUT2D eigenvalue weighted by Gasteiger charge is -2.15. The van der Waals surface area contributed by atoms with E-state index >= 15 is 0 Å². The number of para-hydroxylation sites is 1. The van der Waals surface area contributed by atoms with Gasteiger partial charge in [0.05, 0.1) is 23.8 Å². The smallest absolute Gasteiger partial charge is 0.341 e. The van der Waals surface area contributed by atoms with Crippen molar-refractivity contribution >= 4 is 23.3 Å². The van der Waals surface area contributed by atoms with Crippen LogP contribution in [0.4, 0.5) is 11.4 Å². The molecule has 0 aliphatic rings. The molecule has 0 saturated heterocycles. The number of amides is 1. The first-order chi connectivity index (χ1) is 12.5. The molecular formula is C19H19N3O4. The summed E-state index contributed by atoms with van der Waals surface area (Å²) in [5.74, 6) is -1.13. The average molecular weight is 353 g/mol. The second kappa shape index (κ2) is 9.20. The lowest BCUT2D eigenvalue weighted by molar-refractivity contribution is -0.123. The first kappa shape index (κ1) is 19.0. The van der Waals surface area contributed by atoms with E-state index in [-0.39, 0.29) is 12.2 Å². The minimum absolute atomic E-state index is 0.0766. The molecule has 1 atom stereocenters. The molecule has 0 radical (unpaired) electrons. The van der Waals surface area contributed by atoms with Crippen molar-refractivity contribution in [3.63, 3.8) is 0 Å². The largest absolute Gasteiger partial charge is 0.449 e. The summed E-state index contributed by atoms with van der Waals surface area (Å²) >= 11 is 0. The van der Waals surface area contributed by atoms with Crippen molar-refractivity contribution in [3.05, 3.63) is 59.7 Å². The molecular weight excluding hydrogens is 334 g/mol. The molecule has 0 heterocycles. The van der Waals surface area contributed by atoms with Gasteiger partial charge in [-0.1, -0.05) is 12.1 Å². The van der Waals surface area contributed by atoms with E-state index in [1.54, 1.807) is 48.5 Å². The van der Waals surface area contributed by atoms with Crippen molar-refractivity contribution in [2.75, 3.05) is 23.8 Å². The highest BCUT2D eigenvalue weighted by atomic mass is 16.5. The Labute approximate surface area is 151 Å². The maximum Gasteiger partial charge on any atom is 0.341 e. The average Bonchev–Trinajstić information content (AvgIpc) is 2.67. The highest BCUT2D eigenvalue weighted by Crippen LogP contribution is 2.17. The van der Waals surface area contributed by atoms with Crippen molar-refractivity contribution < 1.29 is 19.4 Å². The van der Waals surface area contributed by atoms with E-state index in [1.165, 1.54) is 6.92 Å². The summed E-state index contributed by atoms with van der Waals surface area (Å²) in [6.45, 7) is 1.69. The number of hydrogen-bond acceptors (Lipinski definition) is 6. The summed E-state index contributed by atoms with van der Waals surface area (Å²) in [6, 6.07) is 15.0. The lowest BCUT2D eigenvalue weighted by atomic mass is 10.1. The summed E-state index contributed by atoms with van der Waals surface area (Å²) in [6.07, 6.45) is -1.01. The van der Waals surface area contributed by atoms with E-state index in [4.69, 9.17) is 15.1 Å². The highest BCUT2D eigenvalue weighted by Gasteiger charge is 2.20. The SMILES string of the molecule is C[C@H](OC(=O)c1ccccc1NCCO)C(=O)Nc1ccc(C#N)cc1. The predicted octanol–water partition coefficient (Wildman–Crippen LogP) is 2.15. The van der Waals surface area contributed by atoms with Gasteiger partial charge in [-0.3, -0.25) is 4.79 Å². The Morgan fingerprint density at radius 3 is 2.54 bits per heavy atom. The molecule has 7 heteroatoms. The van der Waals surface area contributed by atoms with E-state index in [0.717, 1.165) is 0 Å². The van der Waals surface area contributed by atoms with Gasteiger partial charge in [0.15, 0.2) is 6.10 Å². The number of ether oxygens (including phenoxy) is 1. The van der Waals surface area contributed by atoms with Crippen LogP contribution in [0.1, 0.15) is 22.8 Å². The standard InChI is InChI=1S/C19H19N3O4/c1-13(18(24)22-15-8-6-14(12-20)7-9-15)26-19(25)16-4-2-3-5-17(16)21-10-11-23/h2-9,13,21,23H,10-11H2,1H3,(H,22,24)/t13-/m0/s1. The third kappa shape index (κ3) is 5.06. The Bertz CT molecular complexity index is 812. The molecule has 0 aliphatic heterocycles. The van der Waals surface area contributed by atoms with Gasteiger partial charge < -0.3 is 20.5 Å². The zero-order valence-electron chi connectivity index (χ0n) is 14.2. The number of nitrogens with one attached hydrogen (secondary N) is 2. The van der Waals surface area contributed by atoms with Crippen LogP contribution in [-0.2, 0) is 9.53 Å². The zero-order chi connectivity index (χ0) is 18.9. The number of benzene rings is 2. The molecule has 0 aromatic heterocycles. The number of nitrogens with zero attached hydrogens (tertiary/aromatic N) is 1. The summed E-state index contributed by atoms with van der Waals surface area (Å²) in [7, 11) is 0. The third-order valence-electron chi connectivity index (χ3n) is 3.51. The molecule has 1 amide bonds. The maximum atomic E-state index is 12.3. The van der Waals surface area contributed by atoms with Crippen molar-refractivity contribution in [2.45, 2.75) is 13.0 Å². The van der Waals surface area contributed by atoms with Crippen LogP contribution in [0.3, 0.4) is 0 Å². The van der Waals surface area contributed by atoms with Crippen molar-refractivity contribution in [2.24, 2.45) is 0 Å². The Hall–Kier alpha value is -3.37. The number of nitriles is 1. The number of rotatable bonds is 7. The van der Waals surface area contributed by atoms with E-state index in [2.05, 4.69) is 10.6 Å². The van der Waals surface area contributed by atoms with E-state index in [0.29, 0.717) is 23.5 Å². The van der Waals surface area contributed by atoms with Crippen molar-refractivity contribution in [3.8, 4) is 6.07 Å². The summed E-state index contributed by atoms with van der Waals surface area (Å²) in [4.78, 5) is 24.5. The van der Waals surface area contributed by atoms with Gasteiger partial charge in [0, 0.05) is 17.9 Å². The minimum Gasteiger partial charge on any atom is -0.449 e. The fraction of sp³-hybridized carbons (Fsp3) is 0.211. The fourth-order valence-corrected chi connectivity index (χ4v) is 2.16. The van der Waals surface area contributed by atoms with Gasteiger partial charge in [0.25, 0.3) is 5.91 Å². The molecule has 26 heavy (non-hydrogen) atoms. The van der Waals surface area contributed by atoms with E-state index in [1.807, 2.05) is 6.07 Å². The minimum atomic E-state index is -1.01. The molecule has 2 aromatic rings. The van der Waals surface area contributed by atoms with Crippen LogP contribution in [0.25, 0.3) is 0 Å². The molecule has 0 bridgehead atoms. The number of anilines is 2. The van der Waals surface area contributed by atoms with Crippen LogP contribution >= 0.6 is 0 Å². The first-order valence-corrected chi connectivity index (χ1v) is 8.01. The van der Waals surface area contributed by atoms with Gasteiger partial charge in [-0.05, 0) is 43.3 Å². The number of carbonyl (C=O) groups is 2. The summed E-state index contributed by atoms with van der Waals surface area (Å²) in [5.41, 5.74) is 1.78. The van der Waals surface area contributed by atoms with Crippen molar-refractivity contribution in [1.29, 1.82) is 5.26 Å². The summed E-state index contributed by atoms with van der Waals surface area (Å²) in [5, 5.41) is 23.2. The quantitative estimate of drug-likeness (QED) is 0.658. The second-order valence-electron chi connectivity index (χ2n) is 5.42. The van der Waals surface area contributed by atoms with E-state index in [9.17, 15) is 9.59 Å². The van der Waals surface area contributed by atoms with Crippen LogP contribution in [0.5, 0.6) is 0 Å². The fourth-order valence-electron chi connectivity index (χ4n) is 2.16. The van der Waals surface area contributed by atoms with Crippen LogP contribution < -0.4 is 10.6 Å². The molecule has 0 unspecified atom stereocenters. The Kier molecular flexibility index (Phi) is 6.71. The topological polar surface area (TPSA) is 111 Å². The van der Waals surface area contributed by atoms with Crippen molar-refractivity contribution in [1.82, 2.24) is 0 Å². The van der Waals surface area contributed by atoms with Gasteiger partial charge in [-0.2, -0.15) is 5.26 Å². The number of carbonyl (C=O) groups excluding carboxylic acids is 2. The van der Waals surface area contributed by atoms with Crippen LogP contribution in [0.2, 0.25) is 0 Å². The summed E-state index contributed by atoms with van der Waals surface area (Å²) < 4.78 is 5.23. The normalized spacial score (nSPS) is 11.1. The molecule has 0 saturated carbocycles. The highest BCUT2D eigenvalue weighted by molar-refractivity contribution is 5.99. The van der Waals surface area contributed by atoms with Crippen LogP contribution in [0, 0.1) is 11.3 Å². The first-order valence-electron chi connectivity index (χ1n) is 8.01. The van der Waals surface area contributed by atoms with Crippen LogP contribution in [0.15, 0.2) is 48.5 Å². The third-order valence-corrected chi connectivity index (χ3v) is 3.51. The number of esters is 1. The molecule has 0 aliphatic carbocycles. The predicted molar refractivity (Wildman–Crippen MR) is 96.7 cm³/mol. The molecule has 0 spiro atoms. The Morgan fingerprint density at radius 1 is 1.19 bits per heavy atom. The number of aliphatic hydroxyl groups is 1.